The Bertz CT molecular complexity index is 194. The SMILES string of the molecule is CC(C)CCC1CC(C)C12CC2C. The van der Waals surface area contributed by atoms with Crippen molar-refractivity contribution in [1.82, 2.24) is 0 Å². The van der Waals surface area contributed by atoms with Gasteiger partial charge in [-0.1, -0.05) is 34.1 Å². The molecule has 2 rings (SSSR count). The van der Waals surface area contributed by atoms with Crippen LogP contribution in [0.5, 0.6) is 0 Å². The van der Waals surface area contributed by atoms with Crippen LogP contribution >= 0.6 is 0 Å². The Morgan fingerprint density at radius 2 is 1.85 bits per heavy atom. The van der Waals surface area contributed by atoms with E-state index in [1.54, 1.807) is 0 Å². The van der Waals surface area contributed by atoms with E-state index in [9.17, 15) is 0 Å². The fourth-order valence-corrected chi connectivity index (χ4v) is 3.76. The van der Waals surface area contributed by atoms with Gasteiger partial charge in [0, 0.05) is 0 Å². The monoisotopic (exact) mass is 180 g/mol. The van der Waals surface area contributed by atoms with Crippen molar-refractivity contribution in [2.75, 3.05) is 0 Å². The van der Waals surface area contributed by atoms with Gasteiger partial charge in [0.15, 0.2) is 0 Å². The van der Waals surface area contributed by atoms with E-state index in [-0.39, 0.29) is 0 Å². The molecule has 0 radical (unpaired) electrons. The zero-order chi connectivity index (χ0) is 9.64. The van der Waals surface area contributed by atoms with Crippen LogP contribution in [-0.2, 0) is 0 Å². The molecular formula is C13H24. The van der Waals surface area contributed by atoms with E-state index in [1.807, 2.05) is 0 Å². The molecule has 0 bridgehead atoms. The summed E-state index contributed by atoms with van der Waals surface area (Å²) >= 11 is 0. The van der Waals surface area contributed by atoms with Crippen molar-refractivity contribution >= 4 is 0 Å². The van der Waals surface area contributed by atoms with Crippen LogP contribution in [0.4, 0.5) is 0 Å². The molecule has 0 N–H and O–H groups in total. The van der Waals surface area contributed by atoms with Gasteiger partial charge in [0.05, 0.1) is 0 Å². The second-order valence-corrected chi connectivity index (χ2v) is 6.02. The minimum atomic E-state index is 0.842. The molecule has 0 aromatic carbocycles. The van der Waals surface area contributed by atoms with Crippen LogP contribution in [0.15, 0.2) is 0 Å². The third-order valence-electron chi connectivity index (χ3n) is 4.83. The molecule has 0 aromatic heterocycles. The summed E-state index contributed by atoms with van der Waals surface area (Å²) in [6.07, 6.45) is 6.02. The van der Waals surface area contributed by atoms with Crippen molar-refractivity contribution in [2.24, 2.45) is 29.1 Å². The first-order chi connectivity index (χ1) is 6.07. The molecule has 13 heavy (non-hydrogen) atoms. The van der Waals surface area contributed by atoms with Crippen LogP contribution in [0.1, 0.15) is 53.4 Å². The lowest BCUT2D eigenvalue weighted by Gasteiger charge is -2.46. The average molecular weight is 180 g/mol. The van der Waals surface area contributed by atoms with Gasteiger partial charge in [0.25, 0.3) is 0 Å². The van der Waals surface area contributed by atoms with Crippen molar-refractivity contribution in [3.05, 3.63) is 0 Å². The minimum absolute atomic E-state index is 0.842. The number of hydrogen-bond donors (Lipinski definition) is 0. The quantitative estimate of drug-likeness (QED) is 0.613. The highest BCUT2D eigenvalue weighted by Gasteiger charge is 2.64. The Morgan fingerprint density at radius 1 is 1.23 bits per heavy atom. The molecule has 0 amide bonds. The summed E-state index contributed by atoms with van der Waals surface area (Å²) < 4.78 is 0. The van der Waals surface area contributed by atoms with Crippen molar-refractivity contribution < 1.29 is 0 Å². The average Bonchev–Trinajstić information content (AvgIpc) is 2.73. The molecule has 4 unspecified atom stereocenters. The molecule has 0 heteroatoms. The van der Waals surface area contributed by atoms with E-state index in [2.05, 4.69) is 27.7 Å². The van der Waals surface area contributed by atoms with Crippen molar-refractivity contribution in [3.63, 3.8) is 0 Å². The van der Waals surface area contributed by atoms with Gasteiger partial charge in [-0.05, 0) is 48.3 Å². The molecule has 2 saturated carbocycles. The van der Waals surface area contributed by atoms with Crippen LogP contribution in [0.2, 0.25) is 0 Å². The molecular weight excluding hydrogens is 156 g/mol. The normalized spacial score (nSPS) is 48.2. The topological polar surface area (TPSA) is 0 Å². The summed E-state index contributed by atoms with van der Waals surface area (Å²) in [5.74, 6) is 4.09. The summed E-state index contributed by atoms with van der Waals surface area (Å²) in [5.41, 5.74) is 0.842. The highest BCUT2D eigenvalue weighted by molar-refractivity contribution is 5.13. The van der Waals surface area contributed by atoms with Crippen LogP contribution in [0, 0.1) is 29.1 Å². The van der Waals surface area contributed by atoms with E-state index in [0.717, 1.165) is 29.1 Å². The van der Waals surface area contributed by atoms with Gasteiger partial charge in [-0.25, -0.2) is 0 Å². The predicted molar refractivity (Wildman–Crippen MR) is 57.6 cm³/mol. The third-order valence-corrected chi connectivity index (χ3v) is 4.83. The first kappa shape index (κ1) is 9.55. The van der Waals surface area contributed by atoms with Gasteiger partial charge in [-0.3, -0.25) is 0 Å². The first-order valence-corrected chi connectivity index (χ1v) is 6.07. The zero-order valence-electron chi connectivity index (χ0n) is 9.64. The summed E-state index contributed by atoms with van der Waals surface area (Å²) in [5, 5.41) is 0. The second kappa shape index (κ2) is 3.00. The Morgan fingerprint density at radius 3 is 2.23 bits per heavy atom. The van der Waals surface area contributed by atoms with Crippen molar-refractivity contribution in [2.45, 2.75) is 53.4 Å². The largest absolute Gasteiger partial charge is 0.0628 e. The molecule has 4 atom stereocenters. The molecule has 76 valence electrons. The lowest BCUT2D eigenvalue weighted by Crippen LogP contribution is -2.38. The molecule has 0 aliphatic heterocycles. The van der Waals surface area contributed by atoms with Crippen LogP contribution < -0.4 is 0 Å². The molecule has 0 saturated heterocycles. The fraction of sp³-hybridized carbons (Fsp3) is 1.00. The Labute approximate surface area is 83.1 Å². The van der Waals surface area contributed by atoms with E-state index >= 15 is 0 Å². The molecule has 1 spiro atoms. The summed E-state index contributed by atoms with van der Waals surface area (Å²) in [6.45, 7) is 9.63. The highest BCUT2D eigenvalue weighted by Crippen LogP contribution is 2.72. The smallest absolute Gasteiger partial charge is 0.0215 e. The van der Waals surface area contributed by atoms with Gasteiger partial charge in [0.1, 0.15) is 0 Å². The fourth-order valence-electron chi connectivity index (χ4n) is 3.76. The summed E-state index contributed by atoms with van der Waals surface area (Å²) in [4.78, 5) is 0. The van der Waals surface area contributed by atoms with Gasteiger partial charge >= 0.3 is 0 Å². The van der Waals surface area contributed by atoms with Crippen molar-refractivity contribution in [3.8, 4) is 0 Å². The highest BCUT2D eigenvalue weighted by atomic mass is 14.7. The van der Waals surface area contributed by atoms with Gasteiger partial charge in [-0.15, -0.1) is 0 Å². The molecule has 2 aliphatic rings. The molecule has 2 fully saturated rings. The molecule has 0 aromatic rings. The zero-order valence-corrected chi connectivity index (χ0v) is 9.64. The Hall–Kier alpha value is 0. The standard InChI is InChI=1S/C13H24/c1-9(2)5-6-12-7-10(3)13(12)8-11(13)4/h9-12H,5-8H2,1-4H3. The third kappa shape index (κ3) is 1.33. The number of hydrogen-bond acceptors (Lipinski definition) is 0. The number of rotatable bonds is 3. The lowest BCUT2D eigenvalue weighted by atomic mass is 9.59. The van der Waals surface area contributed by atoms with Crippen LogP contribution in [0.25, 0.3) is 0 Å². The van der Waals surface area contributed by atoms with E-state index in [1.165, 1.54) is 25.7 Å². The van der Waals surface area contributed by atoms with Crippen LogP contribution in [0.3, 0.4) is 0 Å². The predicted octanol–water partition coefficient (Wildman–Crippen LogP) is 4.10. The summed E-state index contributed by atoms with van der Waals surface area (Å²) in [7, 11) is 0. The van der Waals surface area contributed by atoms with Crippen molar-refractivity contribution in [1.29, 1.82) is 0 Å². The maximum absolute atomic E-state index is 2.47. The van der Waals surface area contributed by atoms with Crippen LogP contribution in [-0.4, -0.2) is 0 Å². The molecule has 0 nitrogen and oxygen atoms in total. The van der Waals surface area contributed by atoms with Gasteiger partial charge in [0.2, 0.25) is 0 Å². The summed E-state index contributed by atoms with van der Waals surface area (Å²) in [6, 6.07) is 0. The Kier molecular flexibility index (Phi) is 2.20. The molecule has 0 heterocycles. The Balaban J connectivity index is 1.83. The minimum Gasteiger partial charge on any atom is -0.0628 e. The maximum Gasteiger partial charge on any atom is -0.0215 e. The van der Waals surface area contributed by atoms with Gasteiger partial charge < -0.3 is 0 Å². The van der Waals surface area contributed by atoms with E-state index < -0.39 is 0 Å². The second-order valence-electron chi connectivity index (χ2n) is 6.02. The lowest BCUT2D eigenvalue weighted by molar-refractivity contribution is 0.0337. The first-order valence-electron chi connectivity index (χ1n) is 6.07. The van der Waals surface area contributed by atoms with E-state index in [0.29, 0.717) is 0 Å². The maximum atomic E-state index is 2.47. The van der Waals surface area contributed by atoms with Gasteiger partial charge in [-0.2, -0.15) is 0 Å². The van der Waals surface area contributed by atoms with E-state index in [4.69, 9.17) is 0 Å². The molecule has 2 aliphatic carbocycles.